The van der Waals surface area contributed by atoms with Crippen molar-refractivity contribution in [2.24, 2.45) is 5.92 Å². The second-order valence-electron chi connectivity index (χ2n) is 9.19. The Hall–Kier alpha value is -1.92. The van der Waals surface area contributed by atoms with Crippen LogP contribution in [-0.2, 0) is 9.59 Å². The number of piperazine rings is 1. The standard InChI is InChI=1S/C23H36N4O2/c1-17-7-9-20(10-8-17)24-21(28)15-26-11-13-27(14-12-26)16-22(29)25-23-18(2)5-4-6-19(23)3/h4-6,17,20H,7-16H2,1-3H3,(H,24,28)(H,25,29)/p+2. The van der Waals surface area contributed by atoms with Crippen molar-refractivity contribution >= 4 is 17.5 Å². The molecule has 4 N–H and O–H groups in total. The molecular formula is C23H38N4O2+2. The SMILES string of the molecule is Cc1cccc(C)c1NC(=O)C[NH+]1CC[NH+](CC(=O)NC2CCC(C)CC2)CC1. The van der Waals surface area contributed by atoms with E-state index >= 15 is 0 Å². The average molecular weight is 403 g/mol. The minimum absolute atomic E-state index is 0.0742. The summed E-state index contributed by atoms with van der Waals surface area (Å²) in [5.41, 5.74) is 3.14. The summed E-state index contributed by atoms with van der Waals surface area (Å²) in [6, 6.07) is 6.43. The minimum atomic E-state index is 0.0742. The zero-order valence-corrected chi connectivity index (χ0v) is 18.3. The molecule has 3 rings (SSSR count). The smallest absolute Gasteiger partial charge is 0.279 e. The van der Waals surface area contributed by atoms with Crippen LogP contribution in [0.15, 0.2) is 18.2 Å². The molecule has 0 radical (unpaired) electrons. The van der Waals surface area contributed by atoms with Crippen molar-refractivity contribution in [3.63, 3.8) is 0 Å². The lowest BCUT2D eigenvalue weighted by Crippen LogP contribution is -3.28. The number of rotatable bonds is 6. The first kappa shape index (κ1) is 21.8. The first-order valence-corrected chi connectivity index (χ1v) is 11.2. The number of carbonyl (C=O) groups is 2. The number of hydrogen-bond donors (Lipinski definition) is 4. The van der Waals surface area contributed by atoms with Gasteiger partial charge in [-0.1, -0.05) is 25.1 Å². The lowest BCUT2D eigenvalue weighted by atomic mass is 9.87. The third-order valence-electron chi connectivity index (χ3n) is 6.61. The molecule has 1 aliphatic carbocycles. The van der Waals surface area contributed by atoms with Crippen LogP contribution in [0.5, 0.6) is 0 Å². The molecule has 2 fully saturated rings. The Morgan fingerprint density at radius 3 is 1.97 bits per heavy atom. The molecule has 0 spiro atoms. The summed E-state index contributed by atoms with van der Waals surface area (Å²) in [5.74, 6) is 1.07. The van der Waals surface area contributed by atoms with Crippen LogP contribution in [0.4, 0.5) is 5.69 Å². The monoisotopic (exact) mass is 402 g/mol. The van der Waals surface area contributed by atoms with Gasteiger partial charge in [0.05, 0.1) is 0 Å². The van der Waals surface area contributed by atoms with Gasteiger partial charge in [0.2, 0.25) is 0 Å². The van der Waals surface area contributed by atoms with Gasteiger partial charge < -0.3 is 20.4 Å². The maximum atomic E-state index is 12.5. The summed E-state index contributed by atoms with van der Waals surface area (Å²) in [4.78, 5) is 27.5. The van der Waals surface area contributed by atoms with Crippen LogP contribution in [0.3, 0.4) is 0 Å². The average Bonchev–Trinajstić information content (AvgIpc) is 2.68. The summed E-state index contributed by atoms with van der Waals surface area (Å²) >= 11 is 0. The van der Waals surface area contributed by atoms with Gasteiger partial charge in [0, 0.05) is 11.7 Å². The molecule has 2 amide bonds. The van der Waals surface area contributed by atoms with Gasteiger partial charge in [0.15, 0.2) is 13.1 Å². The second-order valence-corrected chi connectivity index (χ2v) is 9.19. The van der Waals surface area contributed by atoms with E-state index < -0.39 is 0 Å². The molecular weight excluding hydrogens is 364 g/mol. The Labute approximate surface area is 175 Å². The van der Waals surface area contributed by atoms with Crippen molar-refractivity contribution in [1.82, 2.24) is 5.32 Å². The van der Waals surface area contributed by atoms with Gasteiger partial charge in [-0.2, -0.15) is 0 Å². The van der Waals surface area contributed by atoms with Crippen LogP contribution in [0.2, 0.25) is 0 Å². The lowest BCUT2D eigenvalue weighted by Gasteiger charge is -2.30. The van der Waals surface area contributed by atoms with Crippen molar-refractivity contribution in [2.75, 3.05) is 44.6 Å². The Morgan fingerprint density at radius 1 is 0.897 bits per heavy atom. The molecule has 160 valence electrons. The Morgan fingerprint density at radius 2 is 1.41 bits per heavy atom. The molecule has 1 saturated heterocycles. The highest BCUT2D eigenvalue weighted by molar-refractivity contribution is 5.93. The number of carbonyl (C=O) groups excluding carboxylic acids is 2. The van der Waals surface area contributed by atoms with E-state index in [1.165, 1.54) is 22.6 Å². The third kappa shape index (κ3) is 6.54. The zero-order chi connectivity index (χ0) is 20.8. The molecule has 29 heavy (non-hydrogen) atoms. The molecule has 1 heterocycles. The number of anilines is 1. The number of amides is 2. The highest BCUT2D eigenvalue weighted by Gasteiger charge is 2.27. The van der Waals surface area contributed by atoms with Gasteiger partial charge in [0.25, 0.3) is 11.8 Å². The quantitative estimate of drug-likeness (QED) is 0.529. The van der Waals surface area contributed by atoms with E-state index in [0.29, 0.717) is 19.1 Å². The van der Waals surface area contributed by atoms with E-state index in [1.807, 2.05) is 32.0 Å². The summed E-state index contributed by atoms with van der Waals surface area (Å²) in [7, 11) is 0. The molecule has 1 saturated carbocycles. The fourth-order valence-corrected chi connectivity index (χ4v) is 4.64. The zero-order valence-electron chi connectivity index (χ0n) is 18.3. The third-order valence-corrected chi connectivity index (χ3v) is 6.61. The molecule has 2 aliphatic rings. The Balaban J connectivity index is 1.36. The van der Waals surface area contributed by atoms with Gasteiger partial charge in [-0.3, -0.25) is 9.59 Å². The van der Waals surface area contributed by atoms with Crippen molar-refractivity contribution in [1.29, 1.82) is 0 Å². The molecule has 0 aromatic heterocycles. The van der Waals surface area contributed by atoms with Gasteiger partial charge in [-0.25, -0.2) is 0 Å². The highest BCUT2D eigenvalue weighted by Crippen LogP contribution is 2.23. The highest BCUT2D eigenvalue weighted by atomic mass is 16.2. The van der Waals surface area contributed by atoms with Gasteiger partial charge in [-0.15, -0.1) is 0 Å². The van der Waals surface area contributed by atoms with E-state index in [4.69, 9.17) is 0 Å². The summed E-state index contributed by atoms with van der Waals surface area (Å²) < 4.78 is 0. The van der Waals surface area contributed by atoms with E-state index in [0.717, 1.165) is 61.8 Å². The van der Waals surface area contributed by atoms with Crippen LogP contribution in [-0.4, -0.2) is 57.1 Å². The largest absolute Gasteiger partial charge is 0.348 e. The van der Waals surface area contributed by atoms with Crippen LogP contribution in [0, 0.1) is 19.8 Å². The Bertz CT molecular complexity index is 685. The molecule has 1 aliphatic heterocycles. The van der Waals surface area contributed by atoms with Crippen molar-refractivity contribution in [2.45, 2.75) is 52.5 Å². The fraction of sp³-hybridized carbons (Fsp3) is 0.652. The topological polar surface area (TPSA) is 67.1 Å². The fourth-order valence-electron chi connectivity index (χ4n) is 4.64. The number of nitrogens with one attached hydrogen (secondary N) is 4. The normalized spacial score (nSPS) is 27.3. The van der Waals surface area contributed by atoms with Crippen LogP contribution in [0.25, 0.3) is 0 Å². The van der Waals surface area contributed by atoms with Crippen molar-refractivity contribution in [3.05, 3.63) is 29.3 Å². The molecule has 1 aromatic carbocycles. The van der Waals surface area contributed by atoms with Gasteiger partial charge in [0.1, 0.15) is 26.2 Å². The second kappa shape index (κ2) is 10.2. The molecule has 0 atom stereocenters. The molecule has 6 nitrogen and oxygen atoms in total. The maximum absolute atomic E-state index is 12.5. The maximum Gasteiger partial charge on any atom is 0.279 e. The first-order chi connectivity index (χ1) is 13.9. The predicted octanol–water partition coefficient (Wildman–Crippen LogP) is -0.280. The molecule has 0 bridgehead atoms. The van der Waals surface area contributed by atoms with E-state index in [-0.39, 0.29) is 11.8 Å². The Kier molecular flexibility index (Phi) is 7.67. The van der Waals surface area contributed by atoms with Crippen LogP contribution < -0.4 is 20.4 Å². The van der Waals surface area contributed by atoms with E-state index in [1.54, 1.807) is 0 Å². The molecule has 0 unspecified atom stereocenters. The molecule has 1 aromatic rings. The number of benzene rings is 1. The van der Waals surface area contributed by atoms with Crippen molar-refractivity contribution in [3.8, 4) is 0 Å². The van der Waals surface area contributed by atoms with Crippen LogP contribution >= 0.6 is 0 Å². The number of aryl methyl sites for hydroxylation is 2. The summed E-state index contributed by atoms with van der Waals surface area (Å²) in [6.07, 6.45) is 4.69. The summed E-state index contributed by atoms with van der Waals surface area (Å²) in [5, 5.41) is 6.32. The van der Waals surface area contributed by atoms with Gasteiger partial charge >= 0.3 is 0 Å². The van der Waals surface area contributed by atoms with E-state index in [2.05, 4.69) is 17.6 Å². The molecule has 6 heteroatoms. The number of hydrogen-bond acceptors (Lipinski definition) is 2. The van der Waals surface area contributed by atoms with Crippen molar-refractivity contribution < 1.29 is 19.4 Å². The van der Waals surface area contributed by atoms with Gasteiger partial charge in [-0.05, 0) is 56.6 Å². The minimum Gasteiger partial charge on any atom is -0.348 e. The summed E-state index contributed by atoms with van der Waals surface area (Å²) in [6.45, 7) is 11.2. The lowest BCUT2D eigenvalue weighted by molar-refractivity contribution is -1.00. The van der Waals surface area contributed by atoms with Crippen LogP contribution in [0.1, 0.15) is 43.7 Å². The first-order valence-electron chi connectivity index (χ1n) is 11.2. The predicted molar refractivity (Wildman–Crippen MR) is 115 cm³/mol. The van der Waals surface area contributed by atoms with E-state index in [9.17, 15) is 9.59 Å². The number of para-hydroxylation sites is 1. The number of quaternary nitrogens is 2.